The van der Waals surface area contributed by atoms with Crippen LogP contribution < -0.4 is 4.74 Å². The van der Waals surface area contributed by atoms with Crippen LogP contribution in [0.15, 0.2) is 24.3 Å². The highest BCUT2D eigenvalue weighted by atomic mass is 16.5. The molecule has 0 radical (unpaired) electrons. The zero-order chi connectivity index (χ0) is 23.5. The monoisotopic (exact) mass is 465 g/mol. The lowest BCUT2D eigenvalue weighted by atomic mass is 9.89. The topological polar surface area (TPSA) is 53.8 Å². The summed E-state index contributed by atoms with van der Waals surface area (Å²) in [6.45, 7) is 6.96. The molecule has 3 heterocycles. The quantitative estimate of drug-likeness (QED) is 0.679. The van der Waals surface area contributed by atoms with Crippen LogP contribution in [0.3, 0.4) is 0 Å². The molecule has 184 valence electrons. The minimum atomic E-state index is 0.154. The van der Waals surface area contributed by atoms with Gasteiger partial charge in [0.15, 0.2) is 5.69 Å². The van der Waals surface area contributed by atoms with Crippen LogP contribution >= 0.6 is 0 Å². The highest BCUT2D eigenvalue weighted by molar-refractivity contribution is 5.94. The summed E-state index contributed by atoms with van der Waals surface area (Å²) in [5.74, 6) is 1.13. The lowest BCUT2D eigenvalue weighted by Crippen LogP contribution is -2.51. The Morgan fingerprint density at radius 2 is 1.76 bits per heavy atom. The molecule has 1 amide bonds. The number of ether oxygens (including phenoxy) is 1. The molecule has 3 aliphatic rings. The van der Waals surface area contributed by atoms with E-state index in [9.17, 15) is 4.79 Å². The van der Waals surface area contributed by atoms with E-state index in [0.29, 0.717) is 6.04 Å². The van der Waals surface area contributed by atoms with Crippen molar-refractivity contribution in [3.8, 4) is 5.75 Å². The fourth-order valence-corrected chi connectivity index (χ4v) is 6.04. The fraction of sp³-hybridized carbons (Fsp3) is 0.630. The van der Waals surface area contributed by atoms with Gasteiger partial charge in [-0.3, -0.25) is 19.3 Å². The van der Waals surface area contributed by atoms with E-state index in [-0.39, 0.29) is 5.91 Å². The standard InChI is InChI=1S/C27H39N5O2/c1-29-24-12-11-22(19-23(24)26(28-29)27(33)32-13-7-3-4-8-14-32)31-17-15-30(16-18-31)20-21-9-5-6-10-25(21)34-2/h5-6,9-10,22H,3-4,7-8,11-20H2,1-2H3. The zero-order valence-corrected chi connectivity index (χ0v) is 20.8. The minimum absolute atomic E-state index is 0.154. The zero-order valence-electron chi connectivity index (χ0n) is 20.8. The summed E-state index contributed by atoms with van der Waals surface area (Å²) in [6, 6.07) is 8.83. The molecule has 1 unspecified atom stereocenters. The van der Waals surface area contributed by atoms with Crippen LogP contribution in [0.5, 0.6) is 5.75 Å². The first kappa shape index (κ1) is 23.4. The highest BCUT2D eigenvalue weighted by Crippen LogP contribution is 2.29. The van der Waals surface area contributed by atoms with E-state index in [1.165, 1.54) is 29.7 Å². The molecule has 2 fully saturated rings. The maximum atomic E-state index is 13.4. The number of hydrogen-bond acceptors (Lipinski definition) is 5. The smallest absolute Gasteiger partial charge is 0.274 e. The van der Waals surface area contributed by atoms with E-state index in [1.54, 1.807) is 7.11 Å². The van der Waals surface area contributed by atoms with Crippen molar-refractivity contribution in [1.82, 2.24) is 24.5 Å². The first-order chi connectivity index (χ1) is 16.6. The molecule has 1 atom stereocenters. The molecule has 0 saturated carbocycles. The van der Waals surface area contributed by atoms with Crippen LogP contribution in [0.1, 0.15) is 59.4 Å². The van der Waals surface area contributed by atoms with E-state index >= 15 is 0 Å². The summed E-state index contributed by atoms with van der Waals surface area (Å²) in [5, 5.41) is 4.74. The molecule has 1 aromatic heterocycles. The van der Waals surface area contributed by atoms with Crippen molar-refractivity contribution in [2.75, 3.05) is 46.4 Å². The van der Waals surface area contributed by atoms with Crippen LogP contribution in [0.25, 0.3) is 0 Å². The average Bonchev–Trinajstić information content (AvgIpc) is 3.03. The van der Waals surface area contributed by atoms with Gasteiger partial charge in [0.2, 0.25) is 0 Å². The Bertz CT molecular complexity index is 987. The Hall–Kier alpha value is -2.38. The molecule has 34 heavy (non-hydrogen) atoms. The first-order valence-corrected chi connectivity index (χ1v) is 13.1. The third-order valence-electron chi connectivity index (χ3n) is 8.03. The molecule has 0 N–H and O–H groups in total. The molecule has 2 aliphatic heterocycles. The number of fused-ring (bicyclic) bond motifs is 1. The Labute approximate surface area is 203 Å². The number of nitrogens with zero attached hydrogens (tertiary/aromatic N) is 5. The Morgan fingerprint density at radius 3 is 2.50 bits per heavy atom. The average molecular weight is 466 g/mol. The van der Waals surface area contributed by atoms with Crippen molar-refractivity contribution in [3.63, 3.8) is 0 Å². The van der Waals surface area contributed by atoms with Gasteiger partial charge < -0.3 is 9.64 Å². The number of carbonyl (C=O) groups is 1. The van der Waals surface area contributed by atoms with Crippen LogP contribution in [0.2, 0.25) is 0 Å². The van der Waals surface area contributed by atoms with E-state index in [2.05, 4.69) is 26.8 Å². The molecule has 7 heteroatoms. The van der Waals surface area contributed by atoms with Crippen LogP contribution in [-0.4, -0.2) is 82.8 Å². The number of piperazine rings is 1. The fourth-order valence-electron chi connectivity index (χ4n) is 6.04. The third kappa shape index (κ3) is 4.86. The molecule has 1 aromatic carbocycles. The van der Waals surface area contributed by atoms with Crippen molar-refractivity contribution in [3.05, 3.63) is 46.8 Å². The van der Waals surface area contributed by atoms with Crippen molar-refractivity contribution < 1.29 is 9.53 Å². The van der Waals surface area contributed by atoms with Crippen molar-refractivity contribution >= 4 is 5.91 Å². The molecule has 5 rings (SSSR count). The van der Waals surface area contributed by atoms with Gasteiger partial charge in [0.1, 0.15) is 5.75 Å². The lowest BCUT2D eigenvalue weighted by molar-refractivity contribution is 0.0747. The third-order valence-corrected chi connectivity index (χ3v) is 8.03. The van der Waals surface area contributed by atoms with E-state index < -0.39 is 0 Å². The number of methoxy groups -OCH3 is 1. The molecule has 0 spiro atoms. The number of benzene rings is 1. The van der Waals surface area contributed by atoms with Gasteiger partial charge in [-0.25, -0.2) is 0 Å². The van der Waals surface area contributed by atoms with E-state index in [0.717, 1.165) is 89.4 Å². The molecular formula is C27H39N5O2. The van der Waals surface area contributed by atoms with Gasteiger partial charge in [-0.05, 0) is 38.2 Å². The van der Waals surface area contributed by atoms with Crippen LogP contribution in [0, 0.1) is 0 Å². The maximum Gasteiger partial charge on any atom is 0.274 e. The SMILES string of the molecule is COc1ccccc1CN1CCN(C2CCc3c(c(C(=O)N4CCCCCC4)nn3C)C2)CC1. The van der Waals surface area contributed by atoms with E-state index in [1.807, 2.05) is 23.9 Å². The second-order valence-corrected chi connectivity index (χ2v) is 10.1. The van der Waals surface area contributed by atoms with Gasteiger partial charge in [0.05, 0.1) is 7.11 Å². The molecule has 0 bridgehead atoms. The van der Waals surface area contributed by atoms with E-state index in [4.69, 9.17) is 9.84 Å². The summed E-state index contributed by atoms with van der Waals surface area (Å²) in [6.07, 6.45) is 7.80. The summed E-state index contributed by atoms with van der Waals surface area (Å²) in [4.78, 5) is 20.6. The van der Waals surface area contributed by atoms with Crippen molar-refractivity contribution in [2.24, 2.45) is 7.05 Å². The van der Waals surface area contributed by atoms with Crippen LogP contribution in [0.4, 0.5) is 0 Å². The second kappa shape index (κ2) is 10.5. The largest absolute Gasteiger partial charge is 0.496 e. The molecule has 7 nitrogen and oxygen atoms in total. The van der Waals surface area contributed by atoms with Crippen LogP contribution in [-0.2, 0) is 26.4 Å². The molecule has 2 aromatic rings. The number of rotatable bonds is 5. The summed E-state index contributed by atoms with van der Waals surface area (Å²) in [7, 11) is 3.76. The van der Waals surface area contributed by atoms with Gasteiger partial charge >= 0.3 is 0 Å². The first-order valence-electron chi connectivity index (χ1n) is 13.1. The van der Waals surface area contributed by atoms with Gasteiger partial charge in [0.25, 0.3) is 5.91 Å². The van der Waals surface area contributed by atoms with Crippen molar-refractivity contribution in [1.29, 1.82) is 0 Å². The Balaban J connectivity index is 1.22. The maximum absolute atomic E-state index is 13.4. The lowest BCUT2D eigenvalue weighted by Gasteiger charge is -2.41. The minimum Gasteiger partial charge on any atom is -0.496 e. The highest BCUT2D eigenvalue weighted by Gasteiger charge is 2.33. The number of aromatic nitrogens is 2. The van der Waals surface area contributed by atoms with Gasteiger partial charge in [-0.15, -0.1) is 0 Å². The number of hydrogen-bond donors (Lipinski definition) is 0. The molecular weight excluding hydrogens is 426 g/mol. The summed E-state index contributed by atoms with van der Waals surface area (Å²) >= 11 is 0. The predicted octanol–water partition coefficient (Wildman–Crippen LogP) is 3.12. The number of amides is 1. The number of aryl methyl sites for hydroxylation is 1. The van der Waals surface area contributed by atoms with Gasteiger partial charge in [0, 0.05) is 75.7 Å². The van der Waals surface area contributed by atoms with Crippen molar-refractivity contribution in [2.45, 2.75) is 57.5 Å². The van der Waals surface area contributed by atoms with Gasteiger partial charge in [-0.2, -0.15) is 5.10 Å². The predicted molar refractivity (Wildman–Crippen MR) is 133 cm³/mol. The summed E-state index contributed by atoms with van der Waals surface area (Å²) < 4.78 is 7.52. The molecule has 2 saturated heterocycles. The Morgan fingerprint density at radius 1 is 1.03 bits per heavy atom. The summed E-state index contributed by atoms with van der Waals surface area (Å²) in [5.41, 5.74) is 4.46. The normalized spacial score (nSPS) is 22.3. The molecule has 1 aliphatic carbocycles. The number of carbonyl (C=O) groups excluding carboxylic acids is 1. The number of likely N-dealkylation sites (tertiary alicyclic amines) is 1. The van der Waals surface area contributed by atoms with Gasteiger partial charge in [-0.1, -0.05) is 31.0 Å². The Kier molecular flexibility index (Phi) is 7.21. The number of para-hydroxylation sites is 1. The second-order valence-electron chi connectivity index (χ2n) is 10.1.